The maximum Gasteiger partial charge on any atom is 0.305 e. The lowest BCUT2D eigenvalue weighted by Gasteiger charge is -2.34. The van der Waals surface area contributed by atoms with Crippen molar-refractivity contribution in [2.75, 3.05) is 19.8 Å². The second-order valence-electron chi connectivity index (χ2n) is 7.91. The predicted octanol–water partition coefficient (Wildman–Crippen LogP) is 4.42. The second kappa shape index (κ2) is 13.5. The van der Waals surface area contributed by atoms with Gasteiger partial charge in [-0.2, -0.15) is 0 Å². The Hall–Kier alpha value is -0.706. The van der Waals surface area contributed by atoms with Crippen LogP contribution in [-0.2, 0) is 23.2 Å². The number of hydrogen-bond donors (Lipinski definition) is 1. The summed E-state index contributed by atoms with van der Waals surface area (Å²) in [7, 11) is -3.20. The third kappa shape index (κ3) is 15.5. The van der Waals surface area contributed by atoms with Gasteiger partial charge in [-0.1, -0.05) is 19.8 Å². The molecule has 0 amide bonds. The standard InChI is InChI=1S/C18H38O6Si2/c1-6-7-15-25(2,3)24-26(4,5)16-9-12-22-13-14-23-18(21)11-8-10-17(19)20/h6-16H2,1-5H3,(H,19,20). The first-order valence-electron chi connectivity index (χ1n) is 9.73. The van der Waals surface area contributed by atoms with E-state index in [-0.39, 0.29) is 25.4 Å². The minimum Gasteiger partial charge on any atom is -0.481 e. The topological polar surface area (TPSA) is 82.1 Å². The molecule has 0 aromatic rings. The van der Waals surface area contributed by atoms with Crippen molar-refractivity contribution < 1.29 is 28.3 Å². The molecule has 154 valence electrons. The number of aliphatic carboxylic acids is 1. The van der Waals surface area contributed by atoms with E-state index in [1.807, 2.05) is 0 Å². The zero-order valence-corrected chi connectivity index (χ0v) is 19.3. The monoisotopic (exact) mass is 406 g/mol. The number of hydrogen-bond acceptors (Lipinski definition) is 5. The predicted molar refractivity (Wildman–Crippen MR) is 108 cm³/mol. The van der Waals surface area contributed by atoms with E-state index in [2.05, 4.69) is 33.1 Å². The van der Waals surface area contributed by atoms with Gasteiger partial charge >= 0.3 is 11.9 Å². The summed E-state index contributed by atoms with van der Waals surface area (Å²) in [5.74, 6) is -1.26. The Labute approximate surface area is 160 Å². The molecule has 26 heavy (non-hydrogen) atoms. The Morgan fingerprint density at radius 2 is 1.46 bits per heavy atom. The van der Waals surface area contributed by atoms with Crippen molar-refractivity contribution in [3.05, 3.63) is 0 Å². The fourth-order valence-corrected chi connectivity index (χ4v) is 11.8. The quantitative estimate of drug-likeness (QED) is 0.232. The van der Waals surface area contributed by atoms with Crippen molar-refractivity contribution in [3.8, 4) is 0 Å². The number of rotatable bonds is 16. The molecule has 0 atom stereocenters. The molecule has 0 heterocycles. The summed E-state index contributed by atoms with van der Waals surface area (Å²) in [6, 6.07) is 2.30. The van der Waals surface area contributed by atoms with Gasteiger partial charge in [0.1, 0.15) is 6.61 Å². The lowest BCUT2D eigenvalue weighted by Crippen LogP contribution is -2.44. The van der Waals surface area contributed by atoms with Crippen LogP contribution in [-0.4, -0.2) is 53.5 Å². The first kappa shape index (κ1) is 25.3. The van der Waals surface area contributed by atoms with Crippen molar-refractivity contribution in [2.24, 2.45) is 0 Å². The summed E-state index contributed by atoms with van der Waals surface area (Å²) >= 11 is 0. The van der Waals surface area contributed by atoms with E-state index in [1.165, 1.54) is 18.9 Å². The van der Waals surface area contributed by atoms with E-state index in [9.17, 15) is 9.59 Å². The number of carbonyl (C=O) groups is 2. The van der Waals surface area contributed by atoms with Crippen LogP contribution in [0.3, 0.4) is 0 Å². The first-order chi connectivity index (χ1) is 12.1. The normalized spacial score (nSPS) is 12.2. The van der Waals surface area contributed by atoms with E-state index in [4.69, 9.17) is 18.7 Å². The molecule has 0 radical (unpaired) electrons. The van der Waals surface area contributed by atoms with Gasteiger partial charge in [0.15, 0.2) is 16.6 Å². The molecule has 0 unspecified atom stereocenters. The number of ether oxygens (including phenoxy) is 2. The minimum absolute atomic E-state index is 0.00848. The van der Waals surface area contributed by atoms with Gasteiger partial charge in [0, 0.05) is 19.4 Å². The van der Waals surface area contributed by atoms with Gasteiger partial charge in [0.25, 0.3) is 0 Å². The van der Waals surface area contributed by atoms with E-state index in [0.717, 1.165) is 12.5 Å². The average molecular weight is 407 g/mol. The maximum absolute atomic E-state index is 11.4. The van der Waals surface area contributed by atoms with Crippen LogP contribution in [0.5, 0.6) is 0 Å². The van der Waals surface area contributed by atoms with Crippen LogP contribution in [0.4, 0.5) is 0 Å². The van der Waals surface area contributed by atoms with Gasteiger partial charge in [-0.3, -0.25) is 9.59 Å². The van der Waals surface area contributed by atoms with Crippen molar-refractivity contribution in [1.82, 2.24) is 0 Å². The van der Waals surface area contributed by atoms with E-state index < -0.39 is 22.6 Å². The lowest BCUT2D eigenvalue weighted by atomic mass is 10.2. The summed E-state index contributed by atoms with van der Waals surface area (Å²) in [5.41, 5.74) is 0. The van der Waals surface area contributed by atoms with Crippen LogP contribution in [0, 0.1) is 0 Å². The van der Waals surface area contributed by atoms with Gasteiger partial charge in [-0.05, 0) is 51.1 Å². The molecule has 6 nitrogen and oxygen atoms in total. The third-order valence-electron chi connectivity index (χ3n) is 4.01. The van der Waals surface area contributed by atoms with E-state index in [1.54, 1.807) is 0 Å². The molecule has 0 aliphatic rings. The first-order valence-corrected chi connectivity index (χ1v) is 16.0. The minimum atomic E-state index is -1.65. The molecule has 0 rings (SSSR count). The molecular formula is C18H38O6Si2. The average Bonchev–Trinajstić information content (AvgIpc) is 2.50. The lowest BCUT2D eigenvalue weighted by molar-refractivity contribution is -0.145. The largest absolute Gasteiger partial charge is 0.481 e. The summed E-state index contributed by atoms with van der Waals surface area (Å²) in [4.78, 5) is 21.7. The Kier molecular flexibility index (Phi) is 13.1. The zero-order chi connectivity index (χ0) is 20.1. The molecule has 0 aliphatic carbocycles. The van der Waals surface area contributed by atoms with Crippen molar-refractivity contribution in [2.45, 2.75) is 83.7 Å². The molecule has 0 saturated carbocycles. The van der Waals surface area contributed by atoms with Crippen LogP contribution >= 0.6 is 0 Å². The summed E-state index contributed by atoms with van der Waals surface area (Å²) in [6.07, 6.45) is 3.88. The molecule has 0 aromatic heterocycles. The number of carboxylic acid groups (broad SMARTS) is 1. The molecular weight excluding hydrogens is 368 g/mol. The van der Waals surface area contributed by atoms with Gasteiger partial charge < -0.3 is 18.7 Å². The van der Waals surface area contributed by atoms with Crippen molar-refractivity contribution >= 4 is 28.6 Å². The molecule has 0 spiro atoms. The molecule has 8 heteroatoms. The van der Waals surface area contributed by atoms with E-state index >= 15 is 0 Å². The Bertz CT molecular complexity index is 412. The molecule has 0 aromatic carbocycles. The highest BCUT2D eigenvalue weighted by atomic mass is 28.4. The zero-order valence-electron chi connectivity index (χ0n) is 17.3. The smallest absolute Gasteiger partial charge is 0.305 e. The van der Waals surface area contributed by atoms with Gasteiger partial charge in [-0.25, -0.2) is 0 Å². The molecule has 0 aliphatic heterocycles. The highest BCUT2D eigenvalue weighted by Gasteiger charge is 2.31. The molecule has 1 N–H and O–H groups in total. The summed E-state index contributed by atoms with van der Waals surface area (Å²) in [6.45, 7) is 12.7. The number of carboxylic acids is 1. The van der Waals surface area contributed by atoms with Crippen LogP contribution in [0.25, 0.3) is 0 Å². The fourth-order valence-electron chi connectivity index (χ4n) is 2.83. The van der Waals surface area contributed by atoms with Crippen molar-refractivity contribution in [1.29, 1.82) is 0 Å². The Balaban J connectivity index is 3.72. The molecule has 0 saturated heterocycles. The van der Waals surface area contributed by atoms with Crippen LogP contribution in [0.2, 0.25) is 38.3 Å². The summed E-state index contributed by atoms with van der Waals surface area (Å²) in [5, 5.41) is 8.50. The Morgan fingerprint density at radius 3 is 2.04 bits per heavy atom. The molecule has 0 fully saturated rings. The number of unbranched alkanes of at least 4 members (excludes halogenated alkanes) is 1. The van der Waals surface area contributed by atoms with Crippen LogP contribution in [0.15, 0.2) is 0 Å². The SMILES string of the molecule is CCCC[Si](C)(C)O[Si](C)(C)CCCOCCOC(=O)CCCC(=O)O. The van der Waals surface area contributed by atoms with Crippen LogP contribution < -0.4 is 0 Å². The number of esters is 1. The highest BCUT2D eigenvalue weighted by Crippen LogP contribution is 2.24. The third-order valence-corrected chi connectivity index (χ3v) is 11.6. The van der Waals surface area contributed by atoms with Crippen LogP contribution in [0.1, 0.15) is 45.4 Å². The van der Waals surface area contributed by atoms with Gasteiger partial charge in [0.05, 0.1) is 6.61 Å². The highest BCUT2D eigenvalue weighted by molar-refractivity contribution is 6.84. The summed E-state index contributed by atoms with van der Waals surface area (Å²) < 4.78 is 17.1. The second-order valence-corrected chi connectivity index (χ2v) is 16.8. The maximum atomic E-state index is 11.4. The van der Waals surface area contributed by atoms with Crippen molar-refractivity contribution in [3.63, 3.8) is 0 Å². The number of carbonyl (C=O) groups excluding carboxylic acids is 1. The van der Waals surface area contributed by atoms with Gasteiger partial charge in [-0.15, -0.1) is 0 Å². The fraction of sp³-hybridized carbons (Fsp3) is 0.889. The molecule has 0 bridgehead atoms. The van der Waals surface area contributed by atoms with Gasteiger partial charge in [0.2, 0.25) is 0 Å². The van der Waals surface area contributed by atoms with E-state index in [0.29, 0.717) is 19.6 Å². The Morgan fingerprint density at radius 1 is 0.846 bits per heavy atom.